The normalized spacial score (nSPS) is 10.9. The fraction of sp³-hybridized carbons (Fsp3) is 0.600. The third-order valence-corrected chi connectivity index (χ3v) is 1.78. The number of unbranched alkanes of at least 4 members (excludes halogenated alkanes) is 4. The Balaban J connectivity index is 3.40. The van der Waals surface area contributed by atoms with Crippen LogP contribution in [0, 0.1) is 11.3 Å². The van der Waals surface area contributed by atoms with Crippen molar-refractivity contribution in [1.82, 2.24) is 0 Å². The van der Waals surface area contributed by atoms with E-state index >= 15 is 0 Å². The van der Waals surface area contributed by atoms with Crippen molar-refractivity contribution in [2.75, 3.05) is 0 Å². The van der Waals surface area contributed by atoms with Crippen molar-refractivity contribution in [2.45, 2.75) is 39.0 Å². The largest absolute Gasteiger partial charge is 0.478 e. The van der Waals surface area contributed by atoms with Gasteiger partial charge in [-0.05, 0) is 26.2 Å². The molecule has 0 saturated heterocycles. The van der Waals surface area contributed by atoms with Crippen LogP contribution in [-0.2, 0) is 4.79 Å². The van der Waals surface area contributed by atoms with Crippen LogP contribution in [0.2, 0.25) is 0 Å². The SMILES string of the molecule is CC(=CCCCCCC#N)C(=O)O. The highest BCUT2D eigenvalue weighted by atomic mass is 16.4. The van der Waals surface area contributed by atoms with E-state index in [0.717, 1.165) is 25.7 Å². The number of hydrogen-bond acceptors (Lipinski definition) is 2. The summed E-state index contributed by atoms with van der Waals surface area (Å²) in [6, 6.07) is 2.08. The summed E-state index contributed by atoms with van der Waals surface area (Å²) < 4.78 is 0. The van der Waals surface area contributed by atoms with E-state index in [1.165, 1.54) is 0 Å². The summed E-state index contributed by atoms with van der Waals surface area (Å²) in [6.45, 7) is 1.59. The molecule has 72 valence electrons. The molecule has 0 aromatic carbocycles. The molecule has 0 bridgehead atoms. The molecule has 0 atom stereocenters. The molecule has 0 aromatic rings. The van der Waals surface area contributed by atoms with Gasteiger partial charge < -0.3 is 5.11 Å². The van der Waals surface area contributed by atoms with Crippen LogP contribution in [0.5, 0.6) is 0 Å². The maximum absolute atomic E-state index is 10.4. The van der Waals surface area contributed by atoms with Crippen molar-refractivity contribution >= 4 is 5.97 Å². The first-order valence-electron chi connectivity index (χ1n) is 4.45. The van der Waals surface area contributed by atoms with Gasteiger partial charge in [-0.2, -0.15) is 5.26 Å². The number of nitrogens with zero attached hydrogens (tertiary/aromatic N) is 1. The molecule has 0 aliphatic rings. The molecule has 0 spiro atoms. The predicted octanol–water partition coefficient (Wildman–Crippen LogP) is 2.49. The lowest BCUT2D eigenvalue weighted by atomic mass is 10.1. The van der Waals surface area contributed by atoms with Crippen molar-refractivity contribution in [1.29, 1.82) is 5.26 Å². The summed E-state index contributed by atoms with van der Waals surface area (Å²) in [5.74, 6) is -0.850. The van der Waals surface area contributed by atoms with E-state index in [4.69, 9.17) is 10.4 Å². The van der Waals surface area contributed by atoms with Gasteiger partial charge >= 0.3 is 5.97 Å². The van der Waals surface area contributed by atoms with Crippen LogP contribution in [0.3, 0.4) is 0 Å². The van der Waals surface area contributed by atoms with E-state index in [9.17, 15) is 4.79 Å². The predicted molar refractivity (Wildman–Crippen MR) is 50.1 cm³/mol. The number of carboxylic acids is 1. The quantitative estimate of drug-likeness (QED) is 0.505. The number of rotatable bonds is 6. The molecule has 0 rings (SSSR count). The Labute approximate surface area is 78.7 Å². The van der Waals surface area contributed by atoms with Crippen molar-refractivity contribution in [3.05, 3.63) is 11.6 Å². The molecule has 3 heteroatoms. The first-order valence-corrected chi connectivity index (χ1v) is 4.45. The molecule has 0 aromatic heterocycles. The fourth-order valence-electron chi connectivity index (χ4n) is 0.931. The van der Waals surface area contributed by atoms with Crippen LogP contribution in [0.1, 0.15) is 39.0 Å². The Morgan fingerprint density at radius 3 is 2.69 bits per heavy atom. The van der Waals surface area contributed by atoms with Crippen molar-refractivity contribution in [3.63, 3.8) is 0 Å². The van der Waals surface area contributed by atoms with Crippen LogP contribution >= 0.6 is 0 Å². The summed E-state index contributed by atoms with van der Waals surface area (Å²) in [4.78, 5) is 10.4. The summed E-state index contributed by atoms with van der Waals surface area (Å²) in [7, 11) is 0. The molecule has 0 radical (unpaired) electrons. The first-order chi connectivity index (χ1) is 6.18. The Bertz CT molecular complexity index is 226. The minimum Gasteiger partial charge on any atom is -0.478 e. The third kappa shape index (κ3) is 7.07. The topological polar surface area (TPSA) is 61.1 Å². The second-order valence-electron chi connectivity index (χ2n) is 2.95. The van der Waals surface area contributed by atoms with Gasteiger partial charge in [-0.1, -0.05) is 12.5 Å². The summed E-state index contributed by atoms with van der Waals surface area (Å²) >= 11 is 0. The molecule has 13 heavy (non-hydrogen) atoms. The number of nitriles is 1. The van der Waals surface area contributed by atoms with Gasteiger partial charge in [0, 0.05) is 12.0 Å². The second-order valence-corrected chi connectivity index (χ2v) is 2.95. The number of carboxylic acid groups (broad SMARTS) is 1. The van der Waals surface area contributed by atoms with Gasteiger partial charge in [0.1, 0.15) is 0 Å². The average molecular weight is 181 g/mol. The second kappa shape index (κ2) is 7.35. The molecule has 0 amide bonds. The first kappa shape index (κ1) is 11.7. The van der Waals surface area contributed by atoms with Gasteiger partial charge in [0.2, 0.25) is 0 Å². The molecular weight excluding hydrogens is 166 g/mol. The Morgan fingerprint density at radius 1 is 1.46 bits per heavy atom. The molecule has 0 saturated carbocycles. The lowest BCUT2D eigenvalue weighted by Crippen LogP contribution is -1.95. The Morgan fingerprint density at radius 2 is 2.15 bits per heavy atom. The molecule has 0 aliphatic heterocycles. The van der Waals surface area contributed by atoms with Crippen LogP contribution in [-0.4, -0.2) is 11.1 Å². The smallest absolute Gasteiger partial charge is 0.330 e. The van der Waals surface area contributed by atoms with Gasteiger partial charge in [-0.3, -0.25) is 0 Å². The van der Waals surface area contributed by atoms with E-state index < -0.39 is 5.97 Å². The lowest BCUT2D eigenvalue weighted by molar-refractivity contribution is -0.132. The minimum atomic E-state index is -0.850. The highest BCUT2D eigenvalue weighted by Gasteiger charge is 1.97. The molecule has 0 unspecified atom stereocenters. The zero-order chi connectivity index (χ0) is 10.1. The van der Waals surface area contributed by atoms with Crippen LogP contribution in [0.15, 0.2) is 11.6 Å². The molecule has 0 aliphatic carbocycles. The van der Waals surface area contributed by atoms with Crippen molar-refractivity contribution < 1.29 is 9.90 Å². The van der Waals surface area contributed by atoms with Crippen LogP contribution in [0.4, 0.5) is 0 Å². The fourth-order valence-corrected chi connectivity index (χ4v) is 0.931. The molecule has 0 heterocycles. The number of allylic oxidation sites excluding steroid dienone is 1. The van der Waals surface area contributed by atoms with Crippen LogP contribution in [0.25, 0.3) is 0 Å². The summed E-state index contributed by atoms with van der Waals surface area (Å²) in [5, 5.41) is 16.8. The highest BCUT2D eigenvalue weighted by molar-refractivity contribution is 5.85. The van der Waals surface area contributed by atoms with E-state index in [-0.39, 0.29) is 0 Å². The highest BCUT2D eigenvalue weighted by Crippen LogP contribution is 2.05. The summed E-state index contributed by atoms with van der Waals surface area (Å²) in [6.07, 6.45) is 6.00. The Hall–Kier alpha value is -1.30. The van der Waals surface area contributed by atoms with Crippen molar-refractivity contribution in [2.24, 2.45) is 0 Å². The molecule has 0 fully saturated rings. The van der Waals surface area contributed by atoms with Gasteiger partial charge in [0.15, 0.2) is 0 Å². The third-order valence-electron chi connectivity index (χ3n) is 1.78. The average Bonchev–Trinajstić information content (AvgIpc) is 2.10. The minimum absolute atomic E-state index is 0.403. The van der Waals surface area contributed by atoms with E-state index in [2.05, 4.69) is 6.07 Å². The standard InChI is InChI=1S/C10H15NO2/c1-9(10(12)13)7-5-3-2-4-6-8-11/h7H,2-6H2,1H3,(H,12,13). The zero-order valence-electron chi connectivity index (χ0n) is 7.92. The van der Waals surface area contributed by atoms with Crippen molar-refractivity contribution in [3.8, 4) is 6.07 Å². The van der Waals surface area contributed by atoms with E-state index in [0.29, 0.717) is 12.0 Å². The zero-order valence-corrected chi connectivity index (χ0v) is 7.92. The molecular formula is C10H15NO2. The van der Waals surface area contributed by atoms with Gasteiger partial charge in [0.25, 0.3) is 0 Å². The maximum atomic E-state index is 10.4. The number of hydrogen-bond donors (Lipinski definition) is 1. The van der Waals surface area contributed by atoms with E-state index in [1.54, 1.807) is 13.0 Å². The summed E-state index contributed by atoms with van der Waals surface area (Å²) in [5.41, 5.74) is 0.403. The Kier molecular flexibility index (Phi) is 6.62. The lowest BCUT2D eigenvalue weighted by Gasteiger charge is -1.95. The van der Waals surface area contributed by atoms with Gasteiger partial charge in [0.05, 0.1) is 6.07 Å². The number of carbonyl (C=O) groups is 1. The van der Waals surface area contributed by atoms with Gasteiger partial charge in [-0.15, -0.1) is 0 Å². The van der Waals surface area contributed by atoms with E-state index in [1.807, 2.05) is 0 Å². The monoisotopic (exact) mass is 181 g/mol. The molecule has 1 N–H and O–H groups in total. The number of aliphatic carboxylic acids is 1. The maximum Gasteiger partial charge on any atom is 0.330 e. The van der Waals surface area contributed by atoms with Gasteiger partial charge in [-0.25, -0.2) is 4.79 Å². The van der Waals surface area contributed by atoms with Crippen LogP contribution < -0.4 is 0 Å². The molecule has 3 nitrogen and oxygen atoms in total.